The zero-order valence-corrected chi connectivity index (χ0v) is 17.9. The molecule has 0 radical (unpaired) electrons. The molecule has 0 unspecified atom stereocenters. The van der Waals surface area contributed by atoms with Gasteiger partial charge in [-0.1, -0.05) is 18.0 Å². The van der Waals surface area contributed by atoms with Crippen molar-refractivity contribution >= 4 is 33.5 Å². The van der Waals surface area contributed by atoms with Crippen LogP contribution in [0.2, 0.25) is 5.02 Å². The normalized spacial score (nSPS) is 19.6. The third-order valence-electron chi connectivity index (χ3n) is 5.06. The second-order valence-corrected chi connectivity index (χ2v) is 9.44. The Hall–Kier alpha value is -1.68. The van der Waals surface area contributed by atoms with Gasteiger partial charge in [0.2, 0.25) is 10.0 Å². The van der Waals surface area contributed by atoms with Crippen LogP contribution in [0.5, 0.6) is 0 Å². The maximum atomic E-state index is 12.9. The number of sulfonamides is 1. The average molecular weight is 445 g/mol. The summed E-state index contributed by atoms with van der Waals surface area (Å²) in [6.07, 6.45) is 1.60. The van der Waals surface area contributed by atoms with E-state index in [-0.39, 0.29) is 21.4 Å². The van der Waals surface area contributed by atoms with Gasteiger partial charge in [-0.15, -0.1) is 0 Å². The summed E-state index contributed by atoms with van der Waals surface area (Å²) < 4.78 is 37.6. The van der Waals surface area contributed by atoms with Crippen LogP contribution in [0.15, 0.2) is 23.1 Å². The fourth-order valence-electron chi connectivity index (χ4n) is 3.39. The van der Waals surface area contributed by atoms with Crippen LogP contribution < -0.4 is 0 Å². The molecule has 1 aromatic rings. The van der Waals surface area contributed by atoms with Gasteiger partial charge in [0.25, 0.3) is 5.91 Å². The quantitative estimate of drug-likeness (QED) is 0.644. The van der Waals surface area contributed by atoms with Crippen LogP contribution in [-0.4, -0.2) is 75.0 Å². The molecule has 8 nitrogen and oxygen atoms in total. The third-order valence-corrected chi connectivity index (χ3v) is 7.29. The third kappa shape index (κ3) is 5.09. The molecule has 160 valence electrons. The number of amides is 1. The van der Waals surface area contributed by atoms with Crippen LogP contribution >= 0.6 is 11.6 Å². The molecular formula is C19H25ClN2O6S. The molecule has 0 bridgehead atoms. The summed E-state index contributed by atoms with van der Waals surface area (Å²) in [4.78, 5) is 26.6. The average Bonchev–Trinajstić information content (AvgIpc) is 2.74. The van der Waals surface area contributed by atoms with Gasteiger partial charge in [-0.25, -0.2) is 13.2 Å². The van der Waals surface area contributed by atoms with Gasteiger partial charge in [0, 0.05) is 26.2 Å². The second kappa shape index (κ2) is 9.42. The van der Waals surface area contributed by atoms with Crippen molar-refractivity contribution < 1.29 is 27.5 Å². The number of carbonyl (C=O) groups is 2. The van der Waals surface area contributed by atoms with Gasteiger partial charge in [0.15, 0.2) is 6.10 Å². The van der Waals surface area contributed by atoms with Crippen LogP contribution in [0, 0.1) is 0 Å². The van der Waals surface area contributed by atoms with Crippen molar-refractivity contribution in [1.82, 2.24) is 9.21 Å². The van der Waals surface area contributed by atoms with Crippen molar-refractivity contribution in [3.63, 3.8) is 0 Å². The lowest BCUT2D eigenvalue weighted by atomic mass is 10.2. The van der Waals surface area contributed by atoms with E-state index in [1.54, 1.807) is 4.90 Å². The van der Waals surface area contributed by atoms with Crippen molar-refractivity contribution in [3.05, 3.63) is 28.8 Å². The molecule has 2 heterocycles. The maximum Gasteiger partial charge on any atom is 0.340 e. The molecule has 2 aliphatic rings. The first-order valence-electron chi connectivity index (χ1n) is 9.68. The van der Waals surface area contributed by atoms with E-state index in [0.717, 1.165) is 19.3 Å². The maximum absolute atomic E-state index is 12.9. The van der Waals surface area contributed by atoms with Crippen molar-refractivity contribution in [2.24, 2.45) is 0 Å². The number of morpholine rings is 1. The number of halogens is 1. The zero-order chi connectivity index (χ0) is 21.0. The van der Waals surface area contributed by atoms with Crippen molar-refractivity contribution in [2.75, 3.05) is 39.4 Å². The molecule has 29 heavy (non-hydrogen) atoms. The molecule has 0 N–H and O–H groups in total. The van der Waals surface area contributed by atoms with Gasteiger partial charge in [-0.05, 0) is 38.0 Å². The van der Waals surface area contributed by atoms with Crippen LogP contribution in [0.3, 0.4) is 0 Å². The first kappa shape index (κ1) is 22.0. The highest BCUT2D eigenvalue weighted by Crippen LogP contribution is 2.26. The minimum absolute atomic E-state index is 0.0112. The highest BCUT2D eigenvalue weighted by Gasteiger charge is 2.29. The highest BCUT2D eigenvalue weighted by atomic mass is 35.5. The Morgan fingerprint density at radius 1 is 1.10 bits per heavy atom. The second-order valence-electron chi connectivity index (χ2n) is 7.09. The van der Waals surface area contributed by atoms with E-state index in [1.165, 1.54) is 29.4 Å². The van der Waals surface area contributed by atoms with Gasteiger partial charge >= 0.3 is 5.97 Å². The van der Waals surface area contributed by atoms with E-state index in [1.807, 2.05) is 0 Å². The van der Waals surface area contributed by atoms with E-state index in [0.29, 0.717) is 39.4 Å². The van der Waals surface area contributed by atoms with Gasteiger partial charge in [0.1, 0.15) is 0 Å². The van der Waals surface area contributed by atoms with E-state index in [9.17, 15) is 18.0 Å². The summed E-state index contributed by atoms with van der Waals surface area (Å²) in [7, 11) is -3.72. The predicted molar refractivity (Wildman–Crippen MR) is 106 cm³/mol. The molecule has 2 fully saturated rings. The number of nitrogens with zero attached hydrogens (tertiary/aromatic N) is 2. The minimum Gasteiger partial charge on any atom is -0.449 e. The summed E-state index contributed by atoms with van der Waals surface area (Å²) in [5, 5.41) is 0.0682. The number of rotatable bonds is 5. The molecular weight excluding hydrogens is 420 g/mol. The minimum atomic E-state index is -3.72. The molecule has 0 aliphatic carbocycles. The predicted octanol–water partition coefficient (Wildman–Crippen LogP) is 1.92. The summed E-state index contributed by atoms with van der Waals surface area (Å²) in [5.41, 5.74) is -0.0774. The van der Waals surface area contributed by atoms with E-state index in [4.69, 9.17) is 21.1 Å². The Morgan fingerprint density at radius 3 is 2.41 bits per heavy atom. The lowest BCUT2D eigenvalue weighted by Gasteiger charge is -2.29. The largest absolute Gasteiger partial charge is 0.449 e. The molecule has 1 amide bonds. The Labute approximate surface area is 175 Å². The zero-order valence-electron chi connectivity index (χ0n) is 16.3. The number of piperidine rings is 1. The van der Waals surface area contributed by atoms with Crippen LogP contribution in [0.1, 0.15) is 36.5 Å². The number of benzene rings is 1. The van der Waals surface area contributed by atoms with Crippen LogP contribution in [0.25, 0.3) is 0 Å². The first-order chi connectivity index (χ1) is 13.8. The monoisotopic (exact) mass is 444 g/mol. The Balaban J connectivity index is 1.74. The summed E-state index contributed by atoms with van der Waals surface area (Å²) >= 11 is 6.12. The van der Waals surface area contributed by atoms with Crippen molar-refractivity contribution in [2.45, 2.75) is 37.2 Å². The van der Waals surface area contributed by atoms with Crippen molar-refractivity contribution in [3.8, 4) is 0 Å². The Bertz CT molecular complexity index is 863. The van der Waals surface area contributed by atoms with Crippen molar-refractivity contribution in [1.29, 1.82) is 0 Å². The van der Waals surface area contributed by atoms with Crippen LogP contribution in [-0.2, 0) is 24.3 Å². The lowest BCUT2D eigenvalue weighted by molar-refractivity contribution is -0.143. The SMILES string of the molecule is C[C@@H](OC(=O)c1cc(S(=O)(=O)N2CCCCC2)ccc1Cl)C(=O)N1CCOCC1. The Morgan fingerprint density at radius 2 is 1.76 bits per heavy atom. The molecule has 2 aliphatic heterocycles. The molecule has 0 aromatic heterocycles. The molecule has 10 heteroatoms. The number of carbonyl (C=O) groups excluding carboxylic acids is 2. The lowest BCUT2D eigenvalue weighted by Crippen LogP contribution is -2.46. The number of hydrogen-bond acceptors (Lipinski definition) is 6. The van der Waals surface area contributed by atoms with E-state index in [2.05, 4.69) is 0 Å². The molecule has 3 rings (SSSR count). The smallest absolute Gasteiger partial charge is 0.340 e. The fourth-order valence-corrected chi connectivity index (χ4v) is 5.13. The molecule has 2 saturated heterocycles. The van der Waals surface area contributed by atoms with E-state index >= 15 is 0 Å². The van der Waals surface area contributed by atoms with Gasteiger partial charge < -0.3 is 14.4 Å². The number of esters is 1. The van der Waals surface area contributed by atoms with E-state index < -0.39 is 22.1 Å². The first-order valence-corrected chi connectivity index (χ1v) is 11.5. The summed E-state index contributed by atoms with van der Waals surface area (Å²) in [6.45, 7) is 4.14. The molecule has 1 aromatic carbocycles. The molecule has 1 atom stereocenters. The van der Waals surface area contributed by atoms with Gasteiger partial charge in [-0.3, -0.25) is 4.79 Å². The van der Waals surface area contributed by atoms with Gasteiger partial charge in [-0.2, -0.15) is 4.31 Å². The fraction of sp³-hybridized carbons (Fsp3) is 0.579. The standard InChI is InChI=1S/C19H25ClN2O6S/c1-14(18(23)21-9-11-27-12-10-21)28-19(24)16-13-15(5-6-17(16)20)29(25,26)22-7-3-2-4-8-22/h5-6,13-14H,2-4,7-12H2,1H3/t14-/m1/s1. The highest BCUT2D eigenvalue weighted by molar-refractivity contribution is 7.89. The molecule has 0 spiro atoms. The number of hydrogen-bond donors (Lipinski definition) is 0. The Kier molecular flexibility index (Phi) is 7.15. The topological polar surface area (TPSA) is 93.2 Å². The summed E-state index contributed by atoms with van der Waals surface area (Å²) in [5.74, 6) is -1.16. The van der Waals surface area contributed by atoms with Gasteiger partial charge in [0.05, 0.1) is 28.7 Å². The molecule has 0 saturated carbocycles. The van der Waals surface area contributed by atoms with Crippen LogP contribution in [0.4, 0.5) is 0 Å². The number of ether oxygens (including phenoxy) is 2. The summed E-state index contributed by atoms with van der Waals surface area (Å²) in [6, 6.07) is 3.97.